The van der Waals surface area contributed by atoms with Crippen LogP contribution in [0.5, 0.6) is 5.75 Å². The van der Waals surface area contributed by atoms with Crippen molar-refractivity contribution in [2.75, 3.05) is 16.8 Å². The molecule has 1 unspecified atom stereocenters. The number of nitrogens with zero attached hydrogens (tertiary/aromatic N) is 1. The highest BCUT2D eigenvalue weighted by Crippen LogP contribution is 2.36. The number of hydrogen-bond donors (Lipinski definition) is 1. The minimum atomic E-state index is -4.97. The van der Waals surface area contributed by atoms with Gasteiger partial charge in [0.15, 0.2) is 6.10 Å². The van der Waals surface area contributed by atoms with Crippen molar-refractivity contribution in [2.45, 2.75) is 45.4 Å². The van der Waals surface area contributed by atoms with Gasteiger partial charge in [-0.3, -0.25) is 9.59 Å². The molecule has 0 spiro atoms. The summed E-state index contributed by atoms with van der Waals surface area (Å²) in [6, 6.07) is 4.10. The van der Waals surface area contributed by atoms with Crippen LogP contribution in [-0.2, 0) is 9.59 Å². The fourth-order valence-electron chi connectivity index (χ4n) is 2.44. The molecule has 1 atom stereocenters. The lowest BCUT2D eigenvalue weighted by molar-refractivity contribution is -0.167. The van der Waals surface area contributed by atoms with Crippen LogP contribution in [-0.4, -0.2) is 30.6 Å². The fourth-order valence-corrected chi connectivity index (χ4v) is 2.44. The molecule has 8 heteroatoms. The summed E-state index contributed by atoms with van der Waals surface area (Å²) in [5.74, 6) is -1.90. The molecule has 24 heavy (non-hydrogen) atoms. The van der Waals surface area contributed by atoms with Gasteiger partial charge in [0.25, 0.3) is 5.91 Å². The van der Waals surface area contributed by atoms with Crippen LogP contribution in [0.1, 0.15) is 33.1 Å². The molecule has 0 fully saturated rings. The van der Waals surface area contributed by atoms with Gasteiger partial charge in [-0.15, -0.1) is 0 Å². The lowest BCUT2D eigenvalue weighted by Gasteiger charge is -2.33. The normalized spacial score (nSPS) is 17.3. The van der Waals surface area contributed by atoms with E-state index < -0.39 is 18.2 Å². The number of unbranched alkanes of at least 4 members (excludes halogenated alkanes) is 2. The van der Waals surface area contributed by atoms with E-state index in [1.54, 1.807) is 12.2 Å². The van der Waals surface area contributed by atoms with Crippen LogP contribution in [0.15, 0.2) is 18.2 Å². The molecule has 1 aliphatic rings. The number of carbonyl (C=O) groups is 2. The molecule has 132 valence electrons. The van der Waals surface area contributed by atoms with E-state index in [1.165, 1.54) is 23.1 Å². The highest BCUT2D eigenvalue weighted by Gasteiger charge is 2.39. The van der Waals surface area contributed by atoms with Crippen molar-refractivity contribution < 1.29 is 27.5 Å². The van der Waals surface area contributed by atoms with Crippen molar-refractivity contribution >= 4 is 23.2 Å². The number of fused-ring (bicyclic) bond motifs is 1. The fraction of sp³-hybridized carbons (Fsp3) is 0.500. The average Bonchev–Trinajstić information content (AvgIpc) is 2.50. The maximum absolute atomic E-state index is 12.4. The number of alkyl halides is 3. The average molecular weight is 344 g/mol. The standard InChI is InChI=1S/C16H19F3N2O3/c1-3-4-5-8-21-12-9-11(20-15(23)16(17,18)19)6-7-13(12)24-10(2)14(21)22/h6-7,9-10H,3-5,8H2,1-2H3,(H,20,23). The second-order valence-corrected chi connectivity index (χ2v) is 5.59. The molecule has 1 heterocycles. The molecule has 0 saturated carbocycles. The molecule has 2 rings (SSSR count). The smallest absolute Gasteiger partial charge is 0.471 e. The van der Waals surface area contributed by atoms with E-state index in [1.807, 2.05) is 6.92 Å². The Bertz CT molecular complexity index is 631. The highest BCUT2D eigenvalue weighted by molar-refractivity contribution is 6.01. The Morgan fingerprint density at radius 1 is 1.33 bits per heavy atom. The van der Waals surface area contributed by atoms with E-state index in [4.69, 9.17) is 4.74 Å². The van der Waals surface area contributed by atoms with Gasteiger partial charge in [-0.25, -0.2) is 0 Å². The third-order valence-corrected chi connectivity index (χ3v) is 3.67. The number of ether oxygens (including phenoxy) is 1. The number of rotatable bonds is 5. The minimum Gasteiger partial charge on any atom is -0.479 e. The molecule has 0 aliphatic carbocycles. The van der Waals surface area contributed by atoms with Crippen LogP contribution < -0.4 is 15.0 Å². The van der Waals surface area contributed by atoms with Crippen LogP contribution in [0, 0.1) is 0 Å². The first kappa shape index (κ1) is 18.1. The van der Waals surface area contributed by atoms with Crippen molar-refractivity contribution in [3.05, 3.63) is 18.2 Å². The van der Waals surface area contributed by atoms with Gasteiger partial charge in [0, 0.05) is 12.2 Å². The number of hydrogen-bond acceptors (Lipinski definition) is 3. The SMILES string of the molecule is CCCCCN1C(=O)C(C)Oc2ccc(NC(=O)C(F)(F)F)cc21. The minimum absolute atomic E-state index is 0.0393. The summed E-state index contributed by atoms with van der Waals surface area (Å²) in [4.78, 5) is 24.9. The third kappa shape index (κ3) is 3.98. The molecule has 1 aromatic carbocycles. The Morgan fingerprint density at radius 3 is 2.67 bits per heavy atom. The van der Waals surface area contributed by atoms with Crippen molar-refractivity contribution in [2.24, 2.45) is 0 Å². The Balaban J connectivity index is 2.26. The summed E-state index contributed by atoms with van der Waals surface area (Å²) in [7, 11) is 0. The van der Waals surface area contributed by atoms with Crippen molar-refractivity contribution in [1.29, 1.82) is 0 Å². The lowest BCUT2D eigenvalue weighted by Crippen LogP contribution is -2.45. The van der Waals surface area contributed by atoms with Gasteiger partial charge in [0.1, 0.15) is 5.75 Å². The van der Waals surface area contributed by atoms with E-state index in [-0.39, 0.29) is 11.6 Å². The van der Waals surface area contributed by atoms with Crippen LogP contribution >= 0.6 is 0 Å². The lowest BCUT2D eigenvalue weighted by atomic mass is 10.1. The Labute approximate surface area is 137 Å². The molecule has 0 aromatic heterocycles. The molecule has 5 nitrogen and oxygen atoms in total. The van der Waals surface area contributed by atoms with Gasteiger partial charge < -0.3 is 15.0 Å². The van der Waals surface area contributed by atoms with E-state index in [9.17, 15) is 22.8 Å². The maximum atomic E-state index is 12.4. The number of carbonyl (C=O) groups excluding carboxylic acids is 2. The highest BCUT2D eigenvalue weighted by atomic mass is 19.4. The van der Waals surface area contributed by atoms with E-state index in [2.05, 4.69) is 0 Å². The molecular formula is C16H19F3N2O3. The molecule has 2 amide bonds. The van der Waals surface area contributed by atoms with Crippen LogP contribution in [0.4, 0.5) is 24.5 Å². The second-order valence-electron chi connectivity index (χ2n) is 5.59. The molecule has 1 N–H and O–H groups in total. The number of halogens is 3. The van der Waals surface area contributed by atoms with Crippen molar-refractivity contribution in [3.8, 4) is 5.75 Å². The number of amides is 2. The number of anilines is 2. The van der Waals surface area contributed by atoms with Gasteiger partial charge in [-0.2, -0.15) is 13.2 Å². The van der Waals surface area contributed by atoms with Gasteiger partial charge in [-0.05, 0) is 31.5 Å². The van der Waals surface area contributed by atoms with E-state index in [0.29, 0.717) is 18.0 Å². The predicted octanol–water partition coefficient (Wildman–Crippen LogP) is 3.49. The number of nitrogens with one attached hydrogen (secondary N) is 1. The summed E-state index contributed by atoms with van der Waals surface area (Å²) in [5.41, 5.74) is 0.330. The summed E-state index contributed by atoms with van der Waals surface area (Å²) in [6.07, 6.45) is -2.96. The summed E-state index contributed by atoms with van der Waals surface area (Å²) in [6.45, 7) is 4.10. The van der Waals surface area contributed by atoms with Gasteiger partial charge >= 0.3 is 12.1 Å². The first-order chi connectivity index (χ1) is 11.2. The number of benzene rings is 1. The maximum Gasteiger partial charge on any atom is 0.471 e. The summed E-state index contributed by atoms with van der Waals surface area (Å²) >= 11 is 0. The molecule has 0 bridgehead atoms. The van der Waals surface area contributed by atoms with Crippen molar-refractivity contribution in [1.82, 2.24) is 0 Å². The third-order valence-electron chi connectivity index (χ3n) is 3.67. The Morgan fingerprint density at radius 2 is 2.04 bits per heavy atom. The summed E-state index contributed by atoms with van der Waals surface area (Å²) in [5, 5.41) is 1.79. The molecular weight excluding hydrogens is 325 g/mol. The van der Waals surface area contributed by atoms with Gasteiger partial charge in [0.2, 0.25) is 0 Å². The first-order valence-corrected chi connectivity index (χ1v) is 7.74. The monoisotopic (exact) mass is 344 g/mol. The van der Waals surface area contributed by atoms with Crippen LogP contribution in [0.3, 0.4) is 0 Å². The Hall–Kier alpha value is -2.25. The quantitative estimate of drug-likeness (QED) is 0.832. The van der Waals surface area contributed by atoms with Crippen molar-refractivity contribution in [3.63, 3.8) is 0 Å². The van der Waals surface area contributed by atoms with Gasteiger partial charge in [0.05, 0.1) is 5.69 Å². The first-order valence-electron chi connectivity index (χ1n) is 7.74. The summed E-state index contributed by atoms with van der Waals surface area (Å²) < 4.78 is 42.6. The van der Waals surface area contributed by atoms with E-state index in [0.717, 1.165) is 19.3 Å². The van der Waals surface area contributed by atoms with Crippen LogP contribution in [0.2, 0.25) is 0 Å². The topological polar surface area (TPSA) is 58.6 Å². The zero-order valence-electron chi connectivity index (χ0n) is 13.4. The largest absolute Gasteiger partial charge is 0.479 e. The van der Waals surface area contributed by atoms with E-state index >= 15 is 0 Å². The molecule has 0 saturated heterocycles. The Kier molecular flexibility index (Phi) is 5.36. The zero-order chi connectivity index (χ0) is 17.9. The molecule has 1 aliphatic heterocycles. The molecule has 1 aromatic rings. The second kappa shape index (κ2) is 7.11. The van der Waals surface area contributed by atoms with Crippen LogP contribution in [0.25, 0.3) is 0 Å². The molecule has 0 radical (unpaired) electrons. The zero-order valence-corrected chi connectivity index (χ0v) is 13.4. The predicted molar refractivity (Wildman–Crippen MR) is 83.1 cm³/mol. The van der Waals surface area contributed by atoms with Gasteiger partial charge in [-0.1, -0.05) is 19.8 Å².